The first kappa shape index (κ1) is 13.7. The number of nitrogen functional groups attached to an aromatic ring is 1. The molecule has 7 heteroatoms. The predicted molar refractivity (Wildman–Crippen MR) is 73.5 cm³/mol. The van der Waals surface area contributed by atoms with Crippen LogP contribution in [0.2, 0.25) is 0 Å². The van der Waals surface area contributed by atoms with Crippen molar-refractivity contribution in [2.45, 2.75) is 20.0 Å². The van der Waals surface area contributed by atoms with Crippen molar-refractivity contribution in [2.75, 3.05) is 5.73 Å². The molecule has 7 nitrogen and oxygen atoms in total. The number of carboxylic acid groups (broad SMARTS) is 1. The van der Waals surface area contributed by atoms with Crippen LogP contribution in [-0.4, -0.2) is 26.7 Å². The molecule has 0 saturated heterocycles. The standard InChI is InChI=1S/C13H15N3O4/c1-7(2)20-9-5-3-8(4-6-9)16-10(12(17)18)11(14)15-13(16)19/h3-7H,14H2,1-2H3,(H,15,19)(H,17,18). The number of nitrogens with zero attached hydrogens (tertiary/aromatic N) is 1. The number of hydrogen-bond donors (Lipinski definition) is 3. The normalized spacial score (nSPS) is 10.8. The van der Waals surface area contributed by atoms with E-state index < -0.39 is 11.7 Å². The predicted octanol–water partition coefficient (Wildman–Crippen LogP) is 1.23. The Hall–Kier alpha value is -2.70. The number of nitrogens with one attached hydrogen (secondary N) is 1. The molecule has 0 aliphatic rings. The van der Waals surface area contributed by atoms with Crippen molar-refractivity contribution < 1.29 is 14.6 Å². The van der Waals surface area contributed by atoms with E-state index in [1.54, 1.807) is 24.3 Å². The number of nitrogens with two attached hydrogens (primary N) is 1. The van der Waals surface area contributed by atoms with Crippen molar-refractivity contribution in [3.63, 3.8) is 0 Å². The highest BCUT2D eigenvalue weighted by Crippen LogP contribution is 2.18. The number of carboxylic acids is 1. The number of carbonyl (C=O) groups is 1. The van der Waals surface area contributed by atoms with Crippen molar-refractivity contribution >= 4 is 11.8 Å². The average molecular weight is 277 g/mol. The first-order chi connectivity index (χ1) is 9.40. The van der Waals surface area contributed by atoms with Gasteiger partial charge in [0.1, 0.15) is 11.6 Å². The molecule has 20 heavy (non-hydrogen) atoms. The summed E-state index contributed by atoms with van der Waals surface area (Å²) in [5.41, 5.74) is 5.01. The summed E-state index contributed by atoms with van der Waals surface area (Å²) in [6, 6.07) is 6.52. The van der Waals surface area contributed by atoms with Gasteiger partial charge in [0, 0.05) is 0 Å². The lowest BCUT2D eigenvalue weighted by Gasteiger charge is -2.10. The van der Waals surface area contributed by atoms with E-state index in [4.69, 9.17) is 15.6 Å². The van der Waals surface area contributed by atoms with Gasteiger partial charge in [-0.1, -0.05) is 0 Å². The van der Waals surface area contributed by atoms with E-state index in [0.29, 0.717) is 11.4 Å². The minimum Gasteiger partial charge on any atom is -0.491 e. The van der Waals surface area contributed by atoms with Crippen LogP contribution in [-0.2, 0) is 0 Å². The Balaban J connectivity index is 2.47. The van der Waals surface area contributed by atoms with Crippen LogP contribution in [0.5, 0.6) is 5.75 Å². The lowest BCUT2D eigenvalue weighted by Crippen LogP contribution is -2.19. The topological polar surface area (TPSA) is 110 Å². The van der Waals surface area contributed by atoms with Crippen LogP contribution < -0.4 is 16.2 Å². The van der Waals surface area contributed by atoms with Gasteiger partial charge in [0.2, 0.25) is 0 Å². The van der Waals surface area contributed by atoms with E-state index in [9.17, 15) is 9.59 Å². The van der Waals surface area contributed by atoms with Gasteiger partial charge >= 0.3 is 11.7 Å². The summed E-state index contributed by atoms with van der Waals surface area (Å²) in [5.74, 6) is -0.814. The van der Waals surface area contributed by atoms with Crippen LogP contribution in [0.15, 0.2) is 29.1 Å². The number of rotatable bonds is 4. The Bertz CT molecular complexity index is 683. The highest BCUT2D eigenvalue weighted by Gasteiger charge is 2.19. The van der Waals surface area contributed by atoms with E-state index >= 15 is 0 Å². The molecule has 1 aromatic carbocycles. The number of benzene rings is 1. The van der Waals surface area contributed by atoms with E-state index in [1.165, 1.54) is 0 Å². The zero-order valence-electron chi connectivity index (χ0n) is 11.1. The molecule has 0 unspecified atom stereocenters. The summed E-state index contributed by atoms with van der Waals surface area (Å²) in [6.45, 7) is 3.79. The summed E-state index contributed by atoms with van der Waals surface area (Å²) >= 11 is 0. The van der Waals surface area contributed by atoms with Gasteiger partial charge in [-0.2, -0.15) is 0 Å². The lowest BCUT2D eigenvalue weighted by molar-refractivity contribution is 0.0689. The van der Waals surface area contributed by atoms with E-state index in [1.807, 2.05) is 13.8 Å². The van der Waals surface area contributed by atoms with E-state index in [2.05, 4.69) is 4.98 Å². The SMILES string of the molecule is CC(C)Oc1ccc(-n2c(C(=O)O)c(N)[nH]c2=O)cc1. The van der Waals surface area contributed by atoms with Crippen LogP contribution in [0.1, 0.15) is 24.3 Å². The Kier molecular flexibility index (Phi) is 3.51. The molecule has 1 aromatic heterocycles. The molecule has 0 fully saturated rings. The molecule has 0 amide bonds. The molecule has 0 radical (unpaired) electrons. The second kappa shape index (κ2) is 5.12. The molecule has 2 rings (SSSR count). The maximum absolute atomic E-state index is 11.8. The van der Waals surface area contributed by atoms with Crippen molar-refractivity contribution in [1.29, 1.82) is 0 Å². The summed E-state index contributed by atoms with van der Waals surface area (Å²) in [4.78, 5) is 25.2. The molecule has 2 aromatic rings. The number of aromatic carboxylic acids is 1. The van der Waals surface area contributed by atoms with Crippen molar-refractivity contribution in [1.82, 2.24) is 9.55 Å². The number of ether oxygens (including phenoxy) is 1. The molecule has 0 aliphatic carbocycles. The van der Waals surface area contributed by atoms with Crippen LogP contribution in [0.3, 0.4) is 0 Å². The van der Waals surface area contributed by atoms with E-state index in [-0.39, 0.29) is 17.6 Å². The lowest BCUT2D eigenvalue weighted by atomic mass is 10.3. The third kappa shape index (κ3) is 2.51. The molecule has 0 bridgehead atoms. The van der Waals surface area contributed by atoms with Gasteiger partial charge in [-0.05, 0) is 38.1 Å². The smallest absolute Gasteiger partial charge is 0.356 e. The third-order valence-corrected chi connectivity index (χ3v) is 2.59. The highest BCUT2D eigenvalue weighted by molar-refractivity contribution is 5.91. The maximum Gasteiger partial charge on any atom is 0.356 e. The molecule has 106 valence electrons. The molecule has 1 heterocycles. The summed E-state index contributed by atoms with van der Waals surface area (Å²) in [7, 11) is 0. The summed E-state index contributed by atoms with van der Waals surface area (Å²) < 4.78 is 6.49. The van der Waals surface area contributed by atoms with Crippen molar-refractivity contribution in [2.24, 2.45) is 0 Å². The van der Waals surface area contributed by atoms with Gasteiger partial charge in [0.15, 0.2) is 5.69 Å². The number of anilines is 1. The Morgan fingerprint density at radius 1 is 1.35 bits per heavy atom. The molecule has 0 saturated carbocycles. The summed E-state index contributed by atoms with van der Waals surface area (Å²) in [6.07, 6.45) is 0.0288. The third-order valence-electron chi connectivity index (χ3n) is 2.59. The molecule has 0 spiro atoms. The largest absolute Gasteiger partial charge is 0.491 e. The van der Waals surface area contributed by atoms with Crippen LogP contribution in [0.25, 0.3) is 5.69 Å². The van der Waals surface area contributed by atoms with Crippen LogP contribution >= 0.6 is 0 Å². The van der Waals surface area contributed by atoms with Gasteiger partial charge in [0.25, 0.3) is 0 Å². The number of H-pyrrole nitrogens is 1. The molecular weight excluding hydrogens is 262 g/mol. The second-order valence-corrected chi connectivity index (χ2v) is 4.49. The molecule has 4 N–H and O–H groups in total. The Labute approximate surface area is 114 Å². The average Bonchev–Trinajstić information content (AvgIpc) is 2.64. The number of hydrogen-bond acceptors (Lipinski definition) is 4. The number of aromatic nitrogens is 2. The van der Waals surface area contributed by atoms with Gasteiger partial charge in [-0.3, -0.25) is 9.55 Å². The second-order valence-electron chi connectivity index (χ2n) is 4.49. The fraction of sp³-hybridized carbons (Fsp3) is 0.231. The van der Waals surface area contributed by atoms with Crippen molar-refractivity contribution in [3.05, 3.63) is 40.4 Å². The van der Waals surface area contributed by atoms with Crippen LogP contribution in [0, 0.1) is 0 Å². The molecular formula is C13H15N3O4. The zero-order valence-corrected chi connectivity index (χ0v) is 11.1. The van der Waals surface area contributed by atoms with Crippen LogP contribution in [0.4, 0.5) is 5.82 Å². The fourth-order valence-electron chi connectivity index (χ4n) is 1.86. The minimum atomic E-state index is -1.27. The highest BCUT2D eigenvalue weighted by atomic mass is 16.5. The molecule has 0 aliphatic heterocycles. The number of aromatic amines is 1. The van der Waals surface area contributed by atoms with Gasteiger partial charge in [-0.15, -0.1) is 0 Å². The summed E-state index contributed by atoms with van der Waals surface area (Å²) in [5, 5.41) is 9.11. The maximum atomic E-state index is 11.8. The molecule has 0 atom stereocenters. The zero-order chi connectivity index (χ0) is 14.9. The fourth-order valence-corrected chi connectivity index (χ4v) is 1.86. The van der Waals surface area contributed by atoms with E-state index in [0.717, 1.165) is 4.57 Å². The minimum absolute atomic E-state index is 0.0288. The first-order valence-electron chi connectivity index (χ1n) is 6.01. The Morgan fingerprint density at radius 3 is 2.45 bits per heavy atom. The van der Waals surface area contributed by atoms with Gasteiger partial charge in [0.05, 0.1) is 11.8 Å². The first-order valence-corrected chi connectivity index (χ1v) is 6.01. The van der Waals surface area contributed by atoms with Crippen molar-refractivity contribution in [3.8, 4) is 11.4 Å². The monoisotopic (exact) mass is 277 g/mol. The van der Waals surface area contributed by atoms with Gasteiger partial charge in [-0.25, -0.2) is 9.59 Å². The Morgan fingerprint density at radius 2 is 1.95 bits per heavy atom. The number of imidazole rings is 1. The quantitative estimate of drug-likeness (QED) is 0.778. The van der Waals surface area contributed by atoms with Gasteiger partial charge < -0.3 is 15.6 Å².